The van der Waals surface area contributed by atoms with Crippen LogP contribution in [0.2, 0.25) is 0 Å². The van der Waals surface area contributed by atoms with Gasteiger partial charge in [-0.1, -0.05) is 17.3 Å². The van der Waals surface area contributed by atoms with E-state index in [1.54, 1.807) is 17.0 Å². The molecule has 2 aromatic rings. The Labute approximate surface area is 152 Å². The lowest BCUT2D eigenvalue weighted by Gasteiger charge is -2.38. The van der Waals surface area contributed by atoms with Crippen LogP contribution in [-0.4, -0.2) is 53.9 Å². The van der Waals surface area contributed by atoms with Gasteiger partial charge in [0.2, 0.25) is 15.9 Å². The number of carbonyl (C=O) groups is 1. The molecule has 0 radical (unpaired) electrons. The molecule has 1 amide bonds. The van der Waals surface area contributed by atoms with Crippen LogP contribution in [0.15, 0.2) is 35.4 Å². The van der Waals surface area contributed by atoms with Gasteiger partial charge in [-0.05, 0) is 37.5 Å². The van der Waals surface area contributed by atoms with Crippen molar-refractivity contribution in [3.63, 3.8) is 0 Å². The molecule has 1 saturated carbocycles. The quantitative estimate of drug-likeness (QED) is 0.806. The number of amides is 1. The first-order chi connectivity index (χ1) is 12.4. The molecule has 0 atom stereocenters. The lowest BCUT2D eigenvalue weighted by molar-refractivity contribution is -0.135. The molecule has 1 aliphatic carbocycles. The van der Waals surface area contributed by atoms with Gasteiger partial charge in [0, 0.05) is 25.2 Å². The van der Waals surface area contributed by atoms with Gasteiger partial charge in [-0.2, -0.15) is 0 Å². The number of likely N-dealkylation sites (tertiary alicyclic amines) is 1. The van der Waals surface area contributed by atoms with Gasteiger partial charge in [-0.25, -0.2) is 17.8 Å². The SMILES string of the molecule is Cc1cccc(S(=O)(=O)NCC(=O)N2CC(n3cc(C4CC4)nn3)C2)c1. The Kier molecular flexibility index (Phi) is 4.28. The highest BCUT2D eigenvalue weighted by molar-refractivity contribution is 7.89. The summed E-state index contributed by atoms with van der Waals surface area (Å²) in [6.07, 6.45) is 4.31. The zero-order valence-corrected chi connectivity index (χ0v) is 15.3. The molecule has 1 N–H and O–H groups in total. The molecular weight excluding hydrogens is 354 g/mol. The average molecular weight is 375 g/mol. The monoisotopic (exact) mass is 375 g/mol. The number of rotatable bonds is 6. The first kappa shape index (κ1) is 17.2. The van der Waals surface area contributed by atoms with Crippen LogP contribution in [0.25, 0.3) is 0 Å². The van der Waals surface area contributed by atoms with Crippen molar-refractivity contribution in [2.24, 2.45) is 0 Å². The predicted molar refractivity (Wildman–Crippen MR) is 94.0 cm³/mol. The fourth-order valence-electron chi connectivity index (χ4n) is 3.00. The maximum Gasteiger partial charge on any atom is 0.241 e. The van der Waals surface area contributed by atoms with Crippen LogP contribution in [0.3, 0.4) is 0 Å². The molecule has 138 valence electrons. The zero-order valence-electron chi connectivity index (χ0n) is 14.5. The lowest BCUT2D eigenvalue weighted by Crippen LogP contribution is -2.53. The number of hydrogen-bond donors (Lipinski definition) is 1. The minimum absolute atomic E-state index is 0.118. The maximum absolute atomic E-state index is 12.3. The second-order valence-electron chi connectivity index (χ2n) is 6.99. The number of aryl methyl sites for hydroxylation is 1. The normalized spacial score (nSPS) is 18.0. The first-order valence-corrected chi connectivity index (χ1v) is 10.2. The fraction of sp³-hybridized carbons (Fsp3) is 0.471. The molecule has 8 nitrogen and oxygen atoms in total. The molecule has 2 fully saturated rings. The van der Waals surface area contributed by atoms with Crippen molar-refractivity contribution in [1.82, 2.24) is 24.6 Å². The van der Waals surface area contributed by atoms with Crippen molar-refractivity contribution >= 4 is 15.9 Å². The molecule has 1 aromatic carbocycles. The minimum atomic E-state index is -3.69. The van der Waals surface area contributed by atoms with Crippen LogP contribution in [0.1, 0.15) is 36.1 Å². The van der Waals surface area contributed by atoms with E-state index in [1.165, 1.54) is 18.9 Å². The molecule has 0 spiro atoms. The van der Waals surface area contributed by atoms with Crippen LogP contribution in [0.4, 0.5) is 0 Å². The standard InChI is InChI=1S/C17H21N5O3S/c1-12-3-2-4-15(7-12)26(24,25)18-8-17(23)21-9-14(10-21)22-11-16(19-20-22)13-5-6-13/h2-4,7,11,13-14,18H,5-6,8-10H2,1H3. The van der Waals surface area contributed by atoms with E-state index in [2.05, 4.69) is 15.0 Å². The average Bonchev–Trinajstić information content (AvgIpc) is 3.31. The molecule has 1 aliphatic heterocycles. The molecule has 2 heterocycles. The van der Waals surface area contributed by atoms with Crippen molar-refractivity contribution in [2.45, 2.75) is 36.6 Å². The van der Waals surface area contributed by atoms with Gasteiger partial charge in [0.25, 0.3) is 0 Å². The summed E-state index contributed by atoms with van der Waals surface area (Å²) in [4.78, 5) is 14.0. The summed E-state index contributed by atoms with van der Waals surface area (Å²) in [7, 11) is -3.69. The van der Waals surface area contributed by atoms with Crippen molar-refractivity contribution in [2.75, 3.05) is 19.6 Å². The van der Waals surface area contributed by atoms with Crippen LogP contribution in [0.5, 0.6) is 0 Å². The number of hydrogen-bond acceptors (Lipinski definition) is 5. The van der Waals surface area contributed by atoms with E-state index in [1.807, 2.05) is 23.9 Å². The van der Waals surface area contributed by atoms with Gasteiger partial charge in [-0.3, -0.25) is 4.79 Å². The van der Waals surface area contributed by atoms with Crippen LogP contribution >= 0.6 is 0 Å². The Morgan fingerprint density at radius 3 is 2.77 bits per heavy atom. The fourth-order valence-corrected chi connectivity index (χ4v) is 4.07. The second-order valence-corrected chi connectivity index (χ2v) is 8.76. The van der Waals surface area contributed by atoms with Crippen LogP contribution in [0, 0.1) is 6.92 Å². The number of nitrogens with one attached hydrogen (secondary N) is 1. The summed E-state index contributed by atoms with van der Waals surface area (Å²) in [6, 6.07) is 6.71. The molecule has 2 aliphatic rings. The third-order valence-electron chi connectivity index (χ3n) is 4.83. The van der Waals surface area contributed by atoms with Crippen LogP contribution in [-0.2, 0) is 14.8 Å². The molecule has 26 heavy (non-hydrogen) atoms. The summed E-state index contributed by atoms with van der Waals surface area (Å²) in [5.74, 6) is 0.317. The number of sulfonamides is 1. The molecule has 4 rings (SSSR count). The largest absolute Gasteiger partial charge is 0.337 e. The van der Waals surface area contributed by atoms with Crippen molar-refractivity contribution in [3.8, 4) is 0 Å². The predicted octanol–water partition coefficient (Wildman–Crippen LogP) is 0.826. The molecule has 0 unspecified atom stereocenters. The van der Waals surface area contributed by atoms with Gasteiger partial charge >= 0.3 is 0 Å². The molecular formula is C17H21N5O3S. The van der Waals surface area contributed by atoms with Gasteiger partial charge in [0.1, 0.15) is 0 Å². The Hall–Kier alpha value is -2.26. The minimum Gasteiger partial charge on any atom is -0.337 e. The highest BCUT2D eigenvalue weighted by Crippen LogP contribution is 2.39. The highest BCUT2D eigenvalue weighted by Gasteiger charge is 2.34. The van der Waals surface area contributed by atoms with Crippen molar-refractivity contribution < 1.29 is 13.2 Å². The Morgan fingerprint density at radius 1 is 1.31 bits per heavy atom. The maximum atomic E-state index is 12.3. The third kappa shape index (κ3) is 3.49. The molecule has 9 heteroatoms. The number of benzene rings is 1. The van der Waals surface area contributed by atoms with Crippen molar-refractivity contribution in [1.29, 1.82) is 0 Å². The van der Waals surface area contributed by atoms with E-state index in [9.17, 15) is 13.2 Å². The van der Waals surface area contributed by atoms with Gasteiger partial charge < -0.3 is 4.90 Å². The Bertz CT molecular complexity index is 929. The lowest BCUT2D eigenvalue weighted by atomic mass is 10.1. The number of nitrogens with zero attached hydrogens (tertiary/aromatic N) is 4. The van der Waals surface area contributed by atoms with Gasteiger partial charge in [-0.15, -0.1) is 5.10 Å². The Balaban J connectivity index is 1.29. The first-order valence-electron chi connectivity index (χ1n) is 8.68. The van der Waals surface area contributed by atoms with Crippen LogP contribution < -0.4 is 4.72 Å². The van der Waals surface area contributed by atoms with E-state index < -0.39 is 10.0 Å². The summed E-state index contributed by atoms with van der Waals surface area (Å²) in [5, 5.41) is 8.32. The summed E-state index contributed by atoms with van der Waals surface area (Å²) < 4.78 is 28.7. The van der Waals surface area contributed by atoms with Gasteiger partial charge in [0.05, 0.1) is 23.2 Å². The van der Waals surface area contributed by atoms with E-state index in [4.69, 9.17) is 0 Å². The summed E-state index contributed by atoms with van der Waals surface area (Å²) in [6.45, 7) is 2.63. The molecule has 0 bridgehead atoms. The van der Waals surface area contributed by atoms with E-state index >= 15 is 0 Å². The molecule has 1 saturated heterocycles. The van der Waals surface area contributed by atoms with Gasteiger partial charge in [0.15, 0.2) is 0 Å². The van der Waals surface area contributed by atoms with E-state index in [0.717, 1.165) is 11.3 Å². The third-order valence-corrected chi connectivity index (χ3v) is 6.22. The van der Waals surface area contributed by atoms with Crippen molar-refractivity contribution in [3.05, 3.63) is 41.7 Å². The highest BCUT2D eigenvalue weighted by atomic mass is 32.2. The summed E-state index contributed by atoms with van der Waals surface area (Å²) >= 11 is 0. The number of carbonyl (C=O) groups excluding carboxylic acids is 1. The zero-order chi connectivity index (χ0) is 18.3. The Morgan fingerprint density at radius 2 is 2.08 bits per heavy atom. The van der Waals surface area contributed by atoms with E-state index in [0.29, 0.717) is 19.0 Å². The summed E-state index contributed by atoms with van der Waals surface area (Å²) in [5.41, 5.74) is 1.88. The molecule has 1 aromatic heterocycles. The van der Waals surface area contributed by atoms with E-state index in [-0.39, 0.29) is 23.4 Å². The number of aromatic nitrogens is 3. The second kappa shape index (κ2) is 6.48. The smallest absolute Gasteiger partial charge is 0.241 e. The topological polar surface area (TPSA) is 97.2 Å².